The van der Waals surface area contributed by atoms with Gasteiger partial charge in [0, 0.05) is 19.5 Å². The maximum Gasteiger partial charge on any atom is 0.128 e. The molecule has 0 atom stereocenters. The third-order valence-corrected chi connectivity index (χ3v) is 3.50. The fourth-order valence-corrected chi connectivity index (χ4v) is 2.64. The average Bonchev–Trinajstić information content (AvgIpc) is 2.73. The molecule has 0 aliphatic heterocycles. The normalized spacial score (nSPS) is 9.56. The number of phenolic OH excluding ortho intramolecular Hbond substituents is 1. The summed E-state index contributed by atoms with van der Waals surface area (Å²) in [6, 6.07) is 15.3. The Morgan fingerprint density at radius 2 is 1.61 bits per heavy atom. The van der Waals surface area contributed by atoms with Gasteiger partial charge in [-0.2, -0.15) is 0 Å². The first kappa shape index (κ1) is 14.8. The number of thiazole rings is 1. The number of phenols is 1. The number of para-hydroxylation sites is 2. The molecule has 1 heterocycles. The van der Waals surface area contributed by atoms with E-state index < -0.39 is 0 Å². The van der Waals surface area contributed by atoms with E-state index >= 15 is 0 Å². The van der Waals surface area contributed by atoms with Crippen LogP contribution in [0.5, 0.6) is 5.75 Å². The third kappa shape index (κ3) is 2.60. The number of hydrogen-bond donors (Lipinski definition) is 1. The zero-order valence-electron chi connectivity index (χ0n) is 10.1. The SMILES string of the molecule is Oc1ccccc1-c1nc2ccccc2s1.[CH3-].[Zn]. The predicted octanol–water partition coefficient (Wildman–Crippen LogP) is 4.12. The molecule has 0 saturated carbocycles. The van der Waals surface area contributed by atoms with Crippen LogP contribution in [0.3, 0.4) is 0 Å². The van der Waals surface area contributed by atoms with E-state index in [0.29, 0.717) is 0 Å². The second kappa shape index (κ2) is 6.08. The quantitative estimate of drug-likeness (QED) is 0.542. The second-order valence-electron chi connectivity index (χ2n) is 3.50. The van der Waals surface area contributed by atoms with E-state index in [4.69, 9.17) is 0 Å². The van der Waals surface area contributed by atoms with Crippen LogP contribution in [0.1, 0.15) is 0 Å². The molecule has 0 bridgehead atoms. The van der Waals surface area contributed by atoms with Gasteiger partial charge in [-0.1, -0.05) is 24.3 Å². The Hall–Kier alpha value is -1.25. The summed E-state index contributed by atoms with van der Waals surface area (Å²) in [5.74, 6) is 0.279. The van der Waals surface area contributed by atoms with Gasteiger partial charge in [0.1, 0.15) is 10.8 Å². The van der Waals surface area contributed by atoms with E-state index in [1.807, 2.05) is 42.5 Å². The summed E-state index contributed by atoms with van der Waals surface area (Å²) in [4.78, 5) is 4.50. The summed E-state index contributed by atoms with van der Waals surface area (Å²) in [6.07, 6.45) is 0. The maximum absolute atomic E-state index is 9.76. The van der Waals surface area contributed by atoms with Crippen LogP contribution in [-0.2, 0) is 19.5 Å². The fourth-order valence-electron chi connectivity index (χ4n) is 1.64. The minimum Gasteiger partial charge on any atom is -0.507 e. The van der Waals surface area contributed by atoms with Gasteiger partial charge in [0.2, 0.25) is 0 Å². The van der Waals surface area contributed by atoms with Crippen molar-refractivity contribution in [2.75, 3.05) is 0 Å². The van der Waals surface area contributed by atoms with Crippen LogP contribution in [0.4, 0.5) is 0 Å². The molecule has 0 aliphatic rings. The number of nitrogens with zero attached hydrogens (tertiary/aromatic N) is 1. The molecular formula is C14H12NOSZn-. The van der Waals surface area contributed by atoms with Crippen molar-refractivity contribution in [3.05, 3.63) is 56.0 Å². The summed E-state index contributed by atoms with van der Waals surface area (Å²) in [6.45, 7) is 0. The van der Waals surface area contributed by atoms with Crippen LogP contribution in [0.15, 0.2) is 48.5 Å². The molecule has 3 aromatic rings. The Bertz CT molecular complexity index is 618. The number of fused-ring (bicyclic) bond motifs is 1. The molecule has 1 N–H and O–H groups in total. The maximum atomic E-state index is 9.76. The van der Waals surface area contributed by atoms with Crippen LogP contribution in [0, 0.1) is 7.43 Å². The van der Waals surface area contributed by atoms with E-state index in [0.717, 1.165) is 20.8 Å². The van der Waals surface area contributed by atoms with Crippen LogP contribution >= 0.6 is 11.3 Å². The smallest absolute Gasteiger partial charge is 0.128 e. The Morgan fingerprint density at radius 3 is 2.33 bits per heavy atom. The second-order valence-corrected chi connectivity index (χ2v) is 4.53. The first-order valence-electron chi connectivity index (χ1n) is 4.98. The molecule has 2 nitrogen and oxygen atoms in total. The van der Waals surface area contributed by atoms with Gasteiger partial charge in [0.05, 0.1) is 15.8 Å². The molecule has 2 aromatic carbocycles. The van der Waals surface area contributed by atoms with Crippen molar-refractivity contribution in [3.63, 3.8) is 0 Å². The standard InChI is InChI=1S/C13H9NOS.CH3.Zn/c15-11-7-3-1-5-9(11)13-14-10-6-2-4-8-12(10)16-13;;/h1-8,15H;1H3;/q;-1;. The van der Waals surface area contributed by atoms with Gasteiger partial charge >= 0.3 is 0 Å². The van der Waals surface area contributed by atoms with Crippen molar-refractivity contribution in [2.45, 2.75) is 0 Å². The topological polar surface area (TPSA) is 33.1 Å². The van der Waals surface area contributed by atoms with Crippen molar-refractivity contribution >= 4 is 21.6 Å². The molecule has 0 saturated heterocycles. The first-order valence-corrected chi connectivity index (χ1v) is 5.80. The molecule has 0 unspecified atom stereocenters. The van der Waals surface area contributed by atoms with Gasteiger partial charge in [-0.25, -0.2) is 4.98 Å². The summed E-state index contributed by atoms with van der Waals surface area (Å²) in [5.41, 5.74) is 1.77. The number of benzene rings is 2. The molecule has 18 heavy (non-hydrogen) atoms. The van der Waals surface area contributed by atoms with Crippen LogP contribution < -0.4 is 0 Å². The summed E-state index contributed by atoms with van der Waals surface area (Å²) in [7, 11) is 0. The van der Waals surface area contributed by atoms with Crippen LogP contribution in [0.25, 0.3) is 20.8 Å². The molecule has 0 fully saturated rings. The van der Waals surface area contributed by atoms with E-state index in [2.05, 4.69) is 4.98 Å². The molecule has 3 rings (SSSR count). The monoisotopic (exact) mass is 306 g/mol. The molecule has 4 heteroatoms. The average molecular weight is 308 g/mol. The van der Waals surface area contributed by atoms with Gasteiger partial charge in [0.25, 0.3) is 0 Å². The van der Waals surface area contributed by atoms with Crippen LogP contribution in [0.2, 0.25) is 0 Å². The van der Waals surface area contributed by atoms with Crippen molar-refractivity contribution < 1.29 is 24.6 Å². The van der Waals surface area contributed by atoms with Gasteiger partial charge in [-0.3, -0.25) is 0 Å². The first-order chi connectivity index (χ1) is 7.84. The number of aromatic nitrogens is 1. The summed E-state index contributed by atoms with van der Waals surface area (Å²) in [5, 5.41) is 10.6. The number of rotatable bonds is 1. The van der Waals surface area contributed by atoms with Gasteiger partial charge < -0.3 is 12.5 Å². The van der Waals surface area contributed by atoms with E-state index in [9.17, 15) is 5.11 Å². The minimum atomic E-state index is 0. The summed E-state index contributed by atoms with van der Waals surface area (Å²) < 4.78 is 1.14. The van der Waals surface area contributed by atoms with Crippen LogP contribution in [-0.4, -0.2) is 10.1 Å². The Kier molecular flexibility index (Phi) is 5.00. The largest absolute Gasteiger partial charge is 0.507 e. The van der Waals surface area contributed by atoms with E-state index in [-0.39, 0.29) is 32.7 Å². The molecule has 0 spiro atoms. The zero-order chi connectivity index (χ0) is 11.0. The van der Waals surface area contributed by atoms with Crippen molar-refractivity contribution in [1.82, 2.24) is 4.98 Å². The molecule has 1 aromatic heterocycles. The minimum absolute atomic E-state index is 0. The molecule has 0 aliphatic carbocycles. The summed E-state index contributed by atoms with van der Waals surface area (Å²) >= 11 is 1.59. The van der Waals surface area contributed by atoms with Crippen molar-refractivity contribution in [3.8, 4) is 16.3 Å². The fraction of sp³-hybridized carbons (Fsp3) is 0. The molecule has 0 amide bonds. The van der Waals surface area contributed by atoms with Gasteiger partial charge in [-0.15, -0.1) is 11.3 Å². The van der Waals surface area contributed by atoms with Crippen molar-refractivity contribution in [2.24, 2.45) is 0 Å². The molecule has 88 valence electrons. The Balaban J connectivity index is 0.000000810. The molecular weight excluding hydrogens is 296 g/mol. The number of aromatic hydroxyl groups is 1. The van der Waals surface area contributed by atoms with E-state index in [1.165, 1.54) is 0 Å². The molecule has 0 radical (unpaired) electrons. The third-order valence-electron chi connectivity index (χ3n) is 2.43. The van der Waals surface area contributed by atoms with Crippen molar-refractivity contribution in [1.29, 1.82) is 0 Å². The zero-order valence-corrected chi connectivity index (χ0v) is 13.9. The van der Waals surface area contributed by atoms with Gasteiger partial charge in [0.15, 0.2) is 0 Å². The Labute approximate surface area is 123 Å². The number of hydrogen-bond acceptors (Lipinski definition) is 3. The Morgan fingerprint density at radius 1 is 0.944 bits per heavy atom. The van der Waals surface area contributed by atoms with E-state index in [1.54, 1.807) is 17.4 Å². The predicted molar refractivity (Wildman–Crippen MR) is 73.1 cm³/mol. The van der Waals surface area contributed by atoms with Gasteiger partial charge in [-0.05, 0) is 24.3 Å².